The molecule has 2 N–H and O–H groups in total. The number of carbonyl (C=O) groups excluding carboxylic acids is 2. The van der Waals surface area contributed by atoms with Crippen LogP contribution in [0.1, 0.15) is 52.0 Å². The normalized spacial score (nSPS) is 21.3. The van der Waals surface area contributed by atoms with Crippen LogP contribution in [0.2, 0.25) is 0 Å². The van der Waals surface area contributed by atoms with Crippen LogP contribution < -0.4 is 5.32 Å². The second kappa shape index (κ2) is 7.23. The SMILES string of the molecule is O=C1CCc2c1cccc2C(=O)NCCN1CCCC[C@H]1CO. The second-order valence-electron chi connectivity index (χ2n) is 6.38. The van der Waals surface area contributed by atoms with Gasteiger partial charge in [0.2, 0.25) is 0 Å². The maximum absolute atomic E-state index is 12.4. The molecule has 1 aromatic carbocycles. The number of fused-ring (bicyclic) bond motifs is 1. The third kappa shape index (κ3) is 3.46. The van der Waals surface area contributed by atoms with Gasteiger partial charge in [-0.05, 0) is 37.4 Å². The first-order valence-electron chi connectivity index (χ1n) is 8.49. The van der Waals surface area contributed by atoms with E-state index in [1.807, 2.05) is 0 Å². The Hall–Kier alpha value is -1.72. The van der Waals surface area contributed by atoms with Crippen LogP contribution in [-0.4, -0.2) is 54.0 Å². The molecule has 1 aliphatic carbocycles. The molecule has 1 aliphatic heterocycles. The molecule has 1 amide bonds. The Kier molecular flexibility index (Phi) is 5.08. The van der Waals surface area contributed by atoms with Crippen molar-refractivity contribution in [3.8, 4) is 0 Å². The molecule has 1 saturated heterocycles. The third-order valence-corrected chi connectivity index (χ3v) is 4.97. The highest BCUT2D eigenvalue weighted by Gasteiger charge is 2.25. The molecule has 2 aliphatic rings. The van der Waals surface area contributed by atoms with Crippen molar-refractivity contribution in [2.75, 3.05) is 26.2 Å². The summed E-state index contributed by atoms with van der Waals surface area (Å²) in [5.74, 6) is 0.0304. The Balaban J connectivity index is 1.57. The minimum Gasteiger partial charge on any atom is -0.395 e. The van der Waals surface area contributed by atoms with Gasteiger partial charge >= 0.3 is 0 Å². The Bertz CT molecular complexity index is 600. The number of nitrogens with zero attached hydrogens (tertiary/aromatic N) is 1. The first kappa shape index (κ1) is 16.1. The van der Waals surface area contributed by atoms with Crippen LogP contribution >= 0.6 is 0 Å². The summed E-state index contributed by atoms with van der Waals surface area (Å²) in [6.45, 7) is 2.48. The number of rotatable bonds is 5. The highest BCUT2D eigenvalue weighted by atomic mass is 16.3. The molecule has 0 spiro atoms. The average Bonchev–Trinajstić information content (AvgIpc) is 2.96. The summed E-state index contributed by atoms with van der Waals surface area (Å²) < 4.78 is 0. The molecular weight excluding hydrogens is 292 g/mol. The quantitative estimate of drug-likeness (QED) is 0.861. The van der Waals surface area contributed by atoms with Crippen LogP contribution in [0.25, 0.3) is 0 Å². The first-order valence-corrected chi connectivity index (χ1v) is 8.49. The molecule has 0 aromatic heterocycles. The number of benzene rings is 1. The topological polar surface area (TPSA) is 69.6 Å². The van der Waals surface area contributed by atoms with Crippen molar-refractivity contribution >= 4 is 11.7 Å². The van der Waals surface area contributed by atoms with E-state index < -0.39 is 0 Å². The Morgan fingerprint density at radius 2 is 2.17 bits per heavy atom. The molecule has 1 fully saturated rings. The van der Waals surface area contributed by atoms with E-state index in [1.54, 1.807) is 18.2 Å². The zero-order valence-corrected chi connectivity index (χ0v) is 13.4. The van der Waals surface area contributed by atoms with Crippen LogP contribution in [0.15, 0.2) is 18.2 Å². The Labute approximate surface area is 136 Å². The molecule has 0 radical (unpaired) electrons. The molecule has 1 atom stereocenters. The van der Waals surface area contributed by atoms with Gasteiger partial charge in [0, 0.05) is 36.7 Å². The maximum atomic E-state index is 12.4. The summed E-state index contributed by atoms with van der Waals surface area (Å²) >= 11 is 0. The minimum absolute atomic E-state index is 0.103. The molecule has 124 valence electrons. The van der Waals surface area contributed by atoms with Crippen molar-refractivity contribution in [2.45, 2.75) is 38.1 Å². The van der Waals surface area contributed by atoms with Crippen LogP contribution in [0.5, 0.6) is 0 Å². The van der Waals surface area contributed by atoms with E-state index in [4.69, 9.17) is 0 Å². The number of piperidine rings is 1. The first-order chi connectivity index (χ1) is 11.2. The summed E-state index contributed by atoms with van der Waals surface area (Å²) in [6.07, 6.45) is 4.51. The monoisotopic (exact) mass is 316 g/mol. The van der Waals surface area contributed by atoms with Crippen molar-refractivity contribution in [1.29, 1.82) is 0 Å². The van der Waals surface area contributed by atoms with Gasteiger partial charge in [-0.3, -0.25) is 14.5 Å². The van der Waals surface area contributed by atoms with E-state index in [0.29, 0.717) is 30.5 Å². The van der Waals surface area contributed by atoms with Gasteiger partial charge < -0.3 is 10.4 Å². The standard InChI is InChI=1S/C18H24N2O3/c21-12-13-4-1-2-10-20(13)11-9-19-18(23)16-6-3-5-15-14(16)7-8-17(15)22/h3,5-6,13,21H,1-2,4,7-12H2,(H,19,23)/t13-/m0/s1. The lowest BCUT2D eigenvalue weighted by Gasteiger charge is -2.34. The molecule has 3 rings (SSSR count). The molecule has 0 saturated carbocycles. The molecular formula is C18H24N2O3. The van der Waals surface area contributed by atoms with Gasteiger partial charge in [-0.1, -0.05) is 18.6 Å². The largest absolute Gasteiger partial charge is 0.395 e. The number of amides is 1. The third-order valence-electron chi connectivity index (χ3n) is 4.97. The van der Waals surface area contributed by atoms with Crippen molar-refractivity contribution < 1.29 is 14.7 Å². The van der Waals surface area contributed by atoms with Gasteiger partial charge in [0.15, 0.2) is 5.78 Å². The van der Waals surface area contributed by atoms with Crippen molar-refractivity contribution in [3.63, 3.8) is 0 Å². The summed E-state index contributed by atoms with van der Waals surface area (Å²) in [6, 6.07) is 5.61. The lowest BCUT2D eigenvalue weighted by atomic mass is 10.0. The van der Waals surface area contributed by atoms with Gasteiger partial charge in [0.25, 0.3) is 5.91 Å². The minimum atomic E-state index is -0.103. The van der Waals surface area contributed by atoms with Crippen molar-refractivity contribution in [2.24, 2.45) is 0 Å². The number of Topliss-reactive ketones (excluding diaryl/α,β-unsaturated/α-hetero) is 1. The number of aliphatic hydroxyl groups is 1. The highest BCUT2D eigenvalue weighted by Crippen LogP contribution is 2.25. The van der Waals surface area contributed by atoms with E-state index in [-0.39, 0.29) is 24.3 Å². The maximum Gasteiger partial charge on any atom is 0.251 e. The molecule has 5 nitrogen and oxygen atoms in total. The predicted octanol–water partition coefficient (Wildman–Crippen LogP) is 1.39. The van der Waals surface area contributed by atoms with E-state index in [2.05, 4.69) is 10.2 Å². The van der Waals surface area contributed by atoms with Crippen molar-refractivity contribution in [1.82, 2.24) is 10.2 Å². The lowest BCUT2D eigenvalue weighted by molar-refractivity contribution is 0.0848. The van der Waals surface area contributed by atoms with E-state index >= 15 is 0 Å². The fourth-order valence-corrected chi connectivity index (χ4v) is 3.67. The molecule has 23 heavy (non-hydrogen) atoms. The summed E-state index contributed by atoms with van der Waals surface area (Å²) in [4.78, 5) is 26.4. The van der Waals surface area contributed by atoms with E-state index in [9.17, 15) is 14.7 Å². The molecule has 0 bridgehead atoms. The number of carbonyl (C=O) groups is 2. The van der Waals surface area contributed by atoms with Crippen LogP contribution in [0, 0.1) is 0 Å². The molecule has 1 aromatic rings. The number of aliphatic hydroxyl groups excluding tert-OH is 1. The fourth-order valence-electron chi connectivity index (χ4n) is 3.67. The molecule has 5 heteroatoms. The Morgan fingerprint density at radius 3 is 3.00 bits per heavy atom. The Morgan fingerprint density at radius 1 is 1.30 bits per heavy atom. The fraction of sp³-hybridized carbons (Fsp3) is 0.556. The zero-order chi connectivity index (χ0) is 16.2. The number of nitrogens with one attached hydrogen (secondary N) is 1. The van der Waals surface area contributed by atoms with Gasteiger partial charge in [-0.25, -0.2) is 0 Å². The average molecular weight is 316 g/mol. The summed E-state index contributed by atoms with van der Waals surface area (Å²) in [5, 5.41) is 12.4. The second-order valence-corrected chi connectivity index (χ2v) is 6.38. The van der Waals surface area contributed by atoms with Gasteiger partial charge in [0.1, 0.15) is 0 Å². The molecule has 1 heterocycles. The summed E-state index contributed by atoms with van der Waals surface area (Å²) in [5.41, 5.74) is 2.22. The van der Waals surface area contributed by atoms with Gasteiger partial charge in [0.05, 0.1) is 6.61 Å². The van der Waals surface area contributed by atoms with Crippen molar-refractivity contribution in [3.05, 3.63) is 34.9 Å². The van der Waals surface area contributed by atoms with Gasteiger partial charge in [-0.2, -0.15) is 0 Å². The highest BCUT2D eigenvalue weighted by molar-refractivity contribution is 6.05. The van der Waals surface area contributed by atoms with E-state index in [0.717, 1.165) is 37.9 Å². The number of hydrogen-bond acceptors (Lipinski definition) is 4. The van der Waals surface area contributed by atoms with Crippen LogP contribution in [0.4, 0.5) is 0 Å². The molecule has 0 unspecified atom stereocenters. The number of ketones is 1. The van der Waals surface area contributed by atoms with Crippen LogP contribution in [-0.2, 0) is 6.42 Å². The van der Waals surface area contributed by atoms with E-state index in [1.165, 1.54) is 0 Å². The number of hydrogen-bond donors (Lipinski definition) is 2. The lowest BCUT2D eigenvalue weighted by Crippen LogP contribution is -2.45. The number of likely N-dealkylation sites (tertiary alicyclic amines) is 1. The smallest absolute Gasteiger partial charge is 0.251 e. The summed E-state index contributed by atoms with van der Waals surface area (Å²) in [7, 11) is 0. The zero-order valence-electron chi connectivity index (χ0n) is 13.4. The predicted molar refractivity (Wildman–Crippen MR) is 87.7 cm³/mol. The van der Waals surface area contributed by atoms with Crippen LogP contribution in [0.3, 0.4) is 0 Å². The van der Waals surface area contributed by atoms with Gasteiger partial charge in [-0.15, -0.1) is 0 Å².